The number of carbonyl (C=O) groups excluding carboxylic acids is 1. The Balaban J connectivity index is 1.94. The molecule has 0 bridgehead atoms. The second-order valence-electron chi connectivity index (χ2n) is 6.23. The van der Waals surface area contributed by atoms with Gasteiger partial charge in [0.15, 0.2) is 0 Å². The highest BCUT2D eigenvalue weighted by Gasteiger charge is 2.14. The zero-order chi connectivity index (χ0) is 13.9. The molecule has 0 atom stereocenters. The van der Waals surface area contributed by atoms with Crippen LogP contribution in [-0.4, -0.2) is 11.4 Å². The summed E-state index contributed by atoms with van der Waals surface area (Å²) in [5.41, 5.74) is 9.35. The number of hydrogen-bond acceptors (Lipinski definition) is 2. The van der Waals surface area contributed by atoms with Crippen LogP contribution in [0.1, 0.15) is 50.7 Å². The molecule has 2 rings (SSSR count). The molecule has 1 aromatic rings. The fraction of sp³-hybridized carbons (Fsp3) is 0.562. The van der Waals surface area contributed by atoms with Crippen molar-refractivity contribution in [1.82, 2.24) is 0 Å². The zero-order valence-corrected chi connectivity index (χ0v) is 12.0. The van der Waals surface area contributed by atoms with Gasteiger partial charge in [0.25, 0.3) is 0 Å². The van der Waals surface area contributed by atoms with Crippen LogP contribution >= 0.6 is 0 Å². The molecule has 19 heavy (non-hydrogen) atoms. The third-order valence-electron chi connectivity index (χ3n) is 3.63. The molecule has 1 aromatic carbocycles. The van der Waals surface area contributed by atoms with Gasteiger partial charge < -0.3 is 11.1 Å². The maximum Gasteiger partial charge on any atom is 0.224 e. The van der Waals surface area contributed by atoms with E-state index in [9.17, 15) is 4.79 Å². The first-order valence-corrected chi connectivity index (χ1v) is 7.15. The Labute approximate surface area is 115 Å². The van der Waals surface area contributed by atoms with E-state index in [1.54, 1.807) is 0 Å². The standard InChI is InChI=1S/C16H24N2O/c1-16(2,17)10-9-15(19)18-14-8-7-12-5-3-4-6-13(12)11-14/h7-8,11H,3-6,9-10,17H2,1-2H3,(H,18,19). The van der Waals surface area contributed by atoms with E-state index in [4.69, 9.17) is 5.73 Å². The lowest BCUT2D eigenvalue weighted by molar-refractivity contribution is -0.116. The summed E-state index contributed by atoms with van der Waals surface area (Å²) < 4.78 is 0. The van der Waals surface area contributed by atoms with Crippen molar-refractivity contribution in [3.8, 4) is 0 Å². The number of carbonyl (C=O) groups is 1. The largest absolute Gasteiger partial charge is 0.326 e. The first kappa shape index (κ1) is 14.1. The van der Waals surface area contributed by atoms with Gasteiger partial charge in [0, 0.05) is 17.6 Å². The van der Waals surface area contributed by atoms with Crippen LogP contribution in [0.4, 0.5) is 5.69 Å². The summed E-state index contributed by atoms with van der Waals surface area (Å²) in [5.74, 6) is 0.0503. The molecule has 0 aliphatic heterocycles. The van der Waals surface area contributed by atoms with Crippen LogP contribution < -0.4 is 11.1 Å². The maximum atomic E-state index is 11.9. The average molecular weight is 260 g/mol. The van der Waals surface area contributed by atoms with Gasteiger partial charge in [0.1, 0.15) is 0 Å². The number of rotatable bonds is 4. The Bertz CT molecular complexity index is 460. The SMILES string of the molecule is CC(C)(N)CCC(=O)Nc1ccc2c(c1)CCCC2. The Morgan fingerprint density at radius 1 is 1.26 bits per heavy atom. The summed E-state index contributed by atoms with van der Waals surface area (Å²) in [5, 5.41) is 2.97. The molecular formula is C16H24N2O. The van der Waals surface area contributed by atoms with Gasteiger partial charge >= 0.3 is 0 Å². The van der Waals surface area contributed by atoms with Crippen molar-refractivity contribution >= 4 is 11.6 Å². The highest BCUT2D eigenvalue weighted by molar-refractivity contribution is 5.90. The van der Waals surface area contributed by atoms with Crippen molar-refractivity contribution in [2.24, 2.45) is 5.73 Å². The van der Waals surface area contributed by atoms with Gasteiger partial charge in [-0.3, -0.25) is 4.79 Å². The predicted octanol–water partition coefficient (Wildman–Crippen LogP) is 3.02. The van der Waals surface area contributed by atoms with Gasteiger partial charge in [-0.2, -0.15) is 0 Å². The van der Waals surface area contributed by atoms with E-state index in [1.807, 2.05) is 19.9 Å². The van der Waals surface area contributed by atoms with Gasteiger partial charge in [0.05, 0.1) is 0 Å². The molecule has 1 aliphatic carbocycles. The van der Waals surface area contributed by atoms with Crippen LogP contribution in [0.25, 0.3) is 0 Å². The Morgan fingerprint density at radius 3 is 2.63 bits per heavy atom. The van der Waals surface area contributed by atoms with E-state index in [1.165, 1.54) is 30.4 Å². The van der Waals surface area contributed by atoms with Crippen molar-refractivity contribution in [3.63, 3.8) is 0 Å². The molecule has 104 valence electrons. The summed E-state index contributed by atoms with van der Waals surface area (Å²) in [6.45, 7) is 3.89. The van der Waals surface area contributed by atoms with Gasteiger partial charge in [-0.05, 0) is 69.2 Å². The number of nitrogens with two attached hydrogens (primary N) is 1. The number of aryl methyl sites for hydroxylation is 2. The van der Waals surface area contributed by atoms with Crippen molar-refractivity contribution in [2.75, 3.05) is 5.32 Å². The minimum atomic E-state index is -0.285. The number of fused-ring (bicyclic) bond motifs is 1. The van der Waals surface area contributed by atoms with Crippen LogP contribution in [0.2, 0.25) is 0 Å². The predicted molar refractivity (Wildman–Crippen MR) is 79.2 cm³/mol. The fourth-order valence-corrected chi connectivity index (χ4v) is 2.47. The summed E-state index contributed by atoms with van der Waals surface area (Å²) in [6, 6.07) is 6.28. The average Bonchev–Trinajstić information content (AvgIpc) is 2.35. The van der Waals surface area contributed by atoms with Crippen LogP contribution in [-0.2, 0) is 17.6 Å². The number of benzene rings is 1. The highest BCUT2D eigenvalue weighted by Crippen LogP contribution is 2.24. The smallest absolute Gasteiger partial charge is 0.224 e. The molecule has 0 saturated carbocycles. The second-order valence-corrected chi connectivity index (χ2v) is 6.23. The molecule has 0 unspecified atom stereocenters. The molecular weight excluding hydrogens is 236 g/mol. The quantitative estimate of drug-likeness (QED) is 0.874. The molecule has 3 nitrogen and oxygen atoms in total. The van der Waals surface area contributed by atoms with E-state index >= 15 is 0 Å². The summed E-state index contributed by atoms with van der Waals surface area (Å²) in [6.07, 6.45) is 6.01. The maximum absolute atomic E-state index is 11.9. The first-order chi connectivity index (χ1) is 8.94. The molecule has 3 N–H and O–H groups in total. The number of amides is 1. The summed E-state index contributed by atoms with van der Waals surface area (Å²) >= 11 is 0. The van der Waals surface area contributed by atoms with Gasteiger partial charge in [0.2, 0.25) is 5.91 Å². The van der Waals surface area contributed by atoms with Gasteiger partial charge in [-0.25, -0.2) is 0 Å². The molecule has 0 spiro atoms. The Kier molecular flexibility index (Phi) is 4.25. The van der Waals surface area contributed by atoms with Gasteiger partial charge in [-0.15, -0.1) is 0 Å². The second kappa shape index (κ2) is 5.74. The van der Waals surface area contributed by atoms with Gasteiger partial charge in [-0.1, -0.05) is 6.07 Å². The number of hydrogen-bond donors (Lipinski definition) is 2. The van der Waals surface area contributed by atoms with Crippen molar-refractivity contribution in [2.45, 2.75) is 57.9 Å². The lowest BCUT2D eigenvalue weighted by atomic mass is 9.91. The third-order valence-corrected chi connectivity index (χ3v) is 3.63. The molecule has 0 aromatic heterocycles. The molecule has 0 fully saturated rings. The molecule has 1 aliphatic rings. The molecule has 1 amide bonds. The van der Waals surface area contributed by atoms with Crippen LogP contribution in [0.5, 0.6) is 0 Å². The van der Waals surface area contributed by atoms with E-state index in [0.29, 0.717) is 12.8 Å². The molecule has 3 heteroatoms. The zero-order valence-electron chi connectivity index (χ0n) is 12.0. The van der Waals surface area contributed by atoms with E-state index < -0.39 is 0 Å². The first-order valence-electron chi connectivity index (χ1n) is 7.15. The van der Waals surface area contributed by atoms with Crippen LogP contribution in [0.15, 0.2) is 18.2 Å². The lowest BCUT2D eigenvalue weighted by Crippen LogP contribution is -2.33. The normalized spacial score (nSPS) is 14.9. The monoisotopic (exact) mass is 260 g/mol. The number of anilines is 1. The fourth-order valence-electron chi connectivity index (χ4n) is 2.47. The summed E-state index contributed by atoms with van der Waals surface area (Å²) in [7, 11) is 0. The topological polar surface area (TPSA) is 55.1 Å². The van der Waals surface area contributed by atoms with Crippen molar-refractivity contribution < 1.29 is 4.79 Å². The molecule has 0 radical (unpaired) electrons. The minimum Gasteiger partial charge on any atom is -0.326 e. The van der Waals surface area contributed by atoms with Crippen LogP contribution in [0.3, 0.4) is 0 Å². The number of nitrogens with one attached hydrogen (secondary N) is 1. The van der Waals surface area contributed by atoms with Crippen molar-refractivity contribution in [1.29, 1.82) is 0 Å². The van der Waals surface area contributed by atoms with E-state index in [2.05, 4.69) is 17.4 Å². The molecule has 0 saturated heterocycles. The van der Waals surface area contributed by atoms with Crippen molar-refractivity contribution in [3.05, 3.63) is 29.3 Å². The third kappa shape index (κ3) is 4.35. The Morgan fingerprint density at radius 2 is 1.95 bits per heavy atom. The van der Waals surface area contributed by atoms with E-state index in [0.717, 1.165) is 12.1 Å². The van der Waals surface area contributed by atoms with E-state index in [-0.39, 0.29) is 11.4 Å². The summed E-state index contributed by atoms with van der Waals surface area (Å²) in [4.78, 5) is 11.9. The minimum absolute atomic E-state index is 0.0503. The lowest BCUT2D eigenvalue weighted by Gasteiger charge is -2.19. The van der Waals surface area contributed by atoms with Crippen LogP contribution in [0, 0.1) is 0 Å². The highest BCUT2D eigenvalue weighted by atomic mass is 16.1. The molecule has 0 heterocycles. The Hall–Kier alpha value is -1.35.